The highest BCUT2D eigenvalue weighted by molar-refractivity contribution is 7.22. The molecule has 0 unspecified atom stereocenters. The zero-order valence-electron chi connectivity index (χ0n) is 13.7. The Hall–Kier alpha value is -1.76. The molecular formula is C18H15ClN2O2S2. The molecule has 4 rings (SSSR count). The first kappa shape index (κ1) is 16.7. The molecule has 1 aliphatic carbocycles. The van der Waals surface area contributed by atoms with Crippen molar-refractivity contribution in [2.45, 2.75) is 26.7 Å². The fourth-order valence-corrected chi connectivity index (χ4v) is 5.41. The highest BCUT2D eigenvalue weighted by Gasteiger charge is 2.34. The van der Waals surface area contributed by atoms with Crippen LogP contribution in [0.25, 0.3) is 10.1 Å². The van der Waals surface area contributed by atoms with E-state index in [9.17, 15) is 9.59 Å². The summed E-state index contributed by atoms with van der Waals surface area (Å²) in [6.45, 7) is 4.12. The van der Waals surface area contributed by atoms with Gasteiger partial charge >= 0.3 is 0 Å². The first-order chi connectivity index (χ1) is 11.8. The molecule has 0 spiro atoms. The first-order valence-electron chi connectivity index (χ1n) is 7.85. The number of nitrogens with zero attached hydrogens (tertiary/aromatic N) is 1. The number of aromatic nitrogens is 1. The van der Waals surface area contributed by atoms with Gasteiger partial charge in [0.05, 0.1) is 15.6 Å². The molecule has 128 valence electrons. The normalized spacial score (nSPS) is 16.0. The van der Waals surface area contributed by atoms with E-state index in [1.165, 1.54) is 22.7 Å². The summed E-state index contributed by atoms with van der Waals surface area (Å²) in [6.07, 6.45) is 1.25. The second-order valence-corrected chi connectivity index (χ2v) is 9.36. The number of nitrogens with one attached hydrogen (secondary N) is 1. The molecule has 2 aromatic heterocycles. The molecule has 2 heterocycles. The van der Waals surface area contributed by atoms with Crippen LogP contribution >= 0.6 is 34.3 Å². The Kier molecular flexibility index (Phi) is 3.94. The van der Waals surface area contributed by atoms with E-state index >= 15 is 0 Å². The monoisotopic (exact) mass is 390 g/mol. The van der Waals surface area contributed by atoms with Gasteiger partial charge in [0.1, 0.15) is 4.88 Å². The van der Waals surface area contributed by atoms with Crippen LogP contribution in [0.1, 0.15) is 45.3 Å². The maximum atomic E-state index is 12.6. The number of halogens is 1. The van der Waals surface area contributed by atoms with Gasteiger partial charge in [-0.3, -0.25) is 14.9 Å². The number of anilines is 1. The summed E-state index contributed by atoms with van der Waals surface area (Å²) in [5.41, 5.74) is 0.692. The molecule has 1 N–H and O–H groups in total. The first-order valence-corrected chi connectivity index (χ1v) is 9.86. The number of fused-ring (bicyclic) bond motifs is 2. The number of rotatable bonds is 2. The minimum absolute atomic E-state index is 0.0891. The number of thiophene rings is 1. The molecule has 0 saturated carbocycles. The molecule has 0 saturated heterocycles. The van der Waals surface area contributed by atoms with Gasteiger partial charge < -0.3 is 0 Å². The van der Waals surface area contributed by atoms with Gasteiger partial charge in [0.25, 0.3) is 5.91 Å². The van der Waals surface area contributed by atoms with Crippen molar-refractivity contribution < 1.29 is 9.59 Å². The van der Waals surface area contributed by atoms with Crippen LogP contribution in [0.2, 0.25) is 5.02 Å². The average Bonchev–Trinajstić information content (AvgIpc) is 3.08. The van der Waals surface area contributed by atoms with Crippen LogP contribution in [0.4, 0.5) is 5.13 Å². The van der Waals surface area contributed by atoms with Crippen LogP contribution in [-0.2, 0) is 6.42 Å². The van der Waals surface area contributed by atoms with E-state index in [0.717, 1.165) is 22.2 Å². The Balaban J connectivity index is 1.63. The number of carbonyl (C=O) groups excluding carboxylic acids is 2. The molecule has 1 aliphatic rings. The van der Waals surface area contributed by atoms with Crippen molar-refractivity contribution in [3.05, 3.63) is 44.7 Å². The quantitative estimate of drug-likeness (QED) is 0.635. The smallest absolute Gasteiger partial charge is 0.269 e. The van der Waals surface area contributed by atoms with Crippen molar-refractivity contribution in [2.75, 3.05) is 5.32 Å². The van der Waals surface area contributed by atoms with E-state index in [4.69, 9.17) is 11.6 Å². The zero-order chi connectivity index (χ0) is 17.8. The summed E-state index contributed by atoms with van der Waals surface area (Å²) >= 11 is 8.96. The van der Waals surface area contributed by atoms with E-state index < -0.39 is 0 Å². The third-order valence-electron chi connectivity index (χ3n) is 4.20. The maximum absolute atomic E-state index is 12.6. The Labute approximate surface area is 157 Å². The van der Waals surface area contributed by atoms with E-state index in [0.29, 0.717) is 26.3 Å². The second kappa shape index (κ2) is 5.90. The lowest BCUT2D eigenvalue weighted by atomic mass is 9.78. The number of carbonyl (C=O) groups is 2. The summed E-state index contributed by atoms with van der Waals surface area (Å²) < 4.78 is 0.966. The number of thiazole rings is 1. The number of ketones is 1. The van der Waals surface area contributed by atoms with Crippen molar-refractivity contribution in [3.63, 3.8) is 0 Å². The number of hydrogen-bond donors (Lipinski definition) is 1. The van der Waals surface area contributed by atoms with Gasteiger partial charge in [-0.05, 0) is 17.9 Å². The van der Waals surface area contributed by atoms with Gasteiger partial charge in [-0.25, -0.2) is 4.98 Å². The summed E-state index contributed by atoms with van der Waals surface area (Å²) in [6, 6.07) is 7.64. The third-order valence-corrected chi connectivity index (χ3v) is 6.93. The van der Waals surface area contributed by atoms with Gasteiger partial charge in [-0.15, -0.1) is 11.3 Å². The standard InChI is InChI=1S/C18H15ClN2O2S2/c1-18(2)7-10-14(11(22)8-18)25-17(20-10)21-16(23)15-13(19)9-5-3-4-6-12(9)24-15/h3-6H,7-8H2,1-2H3,(H,20,21,23). The average molecular weight is 391 g/mol. The highest BCUT2D eigenvalue weighted by Crippen LogP contribution is 2.39. The van der Waals surface area contributed by atoms with Crippen molar-refractivity contribution in [3.8, 4) is 0 Å². The molecule has 1 aromatic carbocycles. The van der Waals surface area contributed by atoms with Gasteiger partial charge in [0, 0.05) is 16.5 Å². The Morgan fingerprint density at radius 1 is 1.24 bits per heavy atom. The second-order valence-electron chi connectivity index (χ2n) is 6.93. The SMILES string of the molecule is CC1(C)CC(=O)c2sc(NC(=O)c3sc4ccccc4c3Cl)nc2C1. The molecule has 7 heteroatoms. The fraction of sp³-hybridized carbons (Fsp3) is 0.278. The van der Waals surface area contributed by atoms with E-state index in [-0.39, 0.29) is 17.1 Å². The molecule has 0 bridgehead atoms. The zero-order valence-corrected chi connectivity index (χ0v) is 16.1. The van der Waals surface area contributed by atoms with Crippen molar-refractivity contribution in [1.82, 2.24) is 4.98 Å². The minimum Gasteiger partial charge on any atom is -0.297 e. The van der Waals surface area contributed by atoms with Crippen LogP contribution in [-0.4, -0.2) is 16.7 Å². The maximum Gasteiger partial charge on any atom is 0.269 e. The van der Waals surface area contributed by atoms with Gasteiger partial charge in [0.15, 0.2) is 10.9 Å². The van der Waals surface area contributed by atoms with Crippen molar-refractivity contribution >= 4 is 61.2 Å². The number of benzene rings is 1. The molecule has 4 nitrogen and oxygen atoms in total. The Morgan fingerprint density at radius 3 is 2.76 bits per heavy atom. The summed E-state index contributed by atoms with van der Waals surface area (Å²) in [5, 5.41) is 4.59. The van der Waals surface area contributed by atoms with E-state index in [2.05, 4.69) is 24.1 Å². The molecule has 0 aliphatic heterocycles. The van der Waals surface area contributed by atoms with Crippen LogP contribution in [0.15, 0.2) is 24.3 Å². The predicted octanol–water partition coefficient (Wildman–Crippen LogP) is 5.42. The third kappa shape index (κ3) is 2.99. The predicted molar refractivity (Wildman–Crippen MR) is 103 cm³/mol. The Morgan fingerprint density at radius 2 is 2.00 bits per heavy atom. The lowest BCUT2D eigenvalue weighted by molar-refractivity contribution is 0.0915. The lowest BCUT2D eigenvalue weighted by Gasteiger charge is -2.26. The molecule has 25 heavy (non-hydrogen) atoms. The van der Waals surface area contributed by atoms with Crippen molar-refractivity contribution in [2.24, 2.45) is 5.41 Å². The topological polar surface area (TPSA) is 59.1 Å². The van der Waals surface area contributed by atoms with Crippen LogP contribution in [0.5, 0.6) is 0 Å². The molecular weight excluding hydrogens is 376 g/mol. The number of Topliss-reactive ketones (excluding diaryl/α,β-unsaturated/α-hetero) is 1. The highest BCUT2D eigenvalue weighted by atomic mass is 35.5. The molecule has 3 aromatic rings. The van der Waals surface area contributed by atoms with Crippen molar-refractivity contribution in [1.29, 1.82) is 0 Å². The van der Waals surface area contributed by atoms with Gasteiger partial charge in [-0.2, -0.15) is 0 Å². The summed E-state index contributed by atoms with van der Waals surface area (Å²) in [7, 11) is 0. The van der Waals surface area contributed by atoms with Gasteiger partial charge in [0.2, 0.25) is 0 Å². The molecule has 0 atom stereocenters. The number of amides is 1. The van der Waals surface area contributed by atoms with Crippen LogP contribution in [0.3, 0.4) is 0 Å². The molecule has 0 fully saturated rings. The summed E-state index contributed by atoms with van der Waals surface area (Å²) in [4.78, 5) is 30.5. The summed E-state index contributed by atoms with van der Waals surface area (Å²) in [5.74, 6) is -0.187. The van der Waals surface area contributed by atoms with Gasteiger partial charge in [-0.1, -0.05) is 55.0 Å². The molecule has 0 radical (unpaired) electrons. The largest absolute Gasteiger partial charge is 0.297 e. The van der Waals surface area contributed by atoms with Crippen LogP contribution < -0.4 is 5.32 Å². The van der Waals surface area contributed by atoms with Crippen LogP contribution in [0, 0.1) is 5.41 Å². The van der Waals surface area contributed by atoms with E-state index in [1.54, 1.807) is 0 Å². The molecule has 1 amide bonds. The lowest BCUT2D eigenvalue weighted by Crippen LogP contribution is -2.26. The fourth-order valence-electron chi connectivity index (χ4n) is 3.09. The minimum atomic E-state index is -0.288. The number of hydrogen-bond acceptors (Lipinski definition) is 5. The van der Waals surface area contributed by atoms with E-state index in [1.807, 2.05) is 24.3 Å². The Bertz CT molecular complexity index is 1020.